The van der Waals surface area contributed by atoms with Gasteiger partial charge in [0.15, 0.2) is 17.3 Å². The molecule has 11 heteroatoms. The number of Topliss-reactive ketones (excluding diaryl/α,β-unsaturated/α-hetero) is 1. The van der Waals surface area contributed by atoms with E-state index in [9.17, 15) is 4.79 Å². The van der Waals surface area contributed by atoms with Gasteiger partial charge in [-0.25, -0.2) is 0 Å². The van der Waals surface area contributed by atoms with Crippen LogP contribution in [0.4, 0.5) is 5.69 Å². The molecule has 1 aromatic heterocycles. The van der Waals surface area contributed by atoms with E-state index in [0.29, 0.717) is 23.7 Å². The Kier molecular flexibility index (Phi) is 14.8. The molecule has 4 N–H and O–H groups in total. The van der Waals surface area contributed by atoms with Crippen molar-refractivity contribution in [3.8, 4) is 17.2 Å². The van der Waals surface area contributed by atoms with Gasteiger partial charge in [0.25, 0.3) is 0 Å². The van der Waals surface area contributed by atoms with Crippen molar-refractivity contribution < 1.29 is 30.0 Å². The second-order valence-corrected chi connectivity index (χ2v) is 8.53. The van der Waals surface area contributed by atoms with E-state index in [4.69, 9.17) is 14.2 Å². The molecule has 39 heavy (non-hydrogen) atoms. The molecule has 1 atom stereocenters. The minimum Gasteiger partial charge on any atom is -0.495 e. The zero-order valence-electron chi connectivity index (χ0n) is 22.7. The molecule has 0 amide bonds. The Morgan fingerprint density at radius 2 is 1.49 bits per heavy atom. The highest BCUT2D eigenvalue weighted by Crippen LogP contribution is 2.39. The number of likely N-dealkylation sites (N-methyl/N-ethyl adjacent to an activating group) is 1. The molecule has 1 aliphatic heterocycles. The number of hydrogen-bond donors (Lipinski definition) is 0. The third-order valence-corrected chi connectivity index (χ3v) is 6.79. The Morgan fingerprint density at radius 3 is 2.10 bits per heavy atom. The van der Waals surface area contributed by atoms with Gasteiger partial charge in [0, 0.05) is 25.7 Å². The van der Waals surface area contributed by atoms with Crippen LogP contribution >= 0.6 is 24.8 Å². The SMILES string of the molecule is CCN1CCN(c2ccccc2OC)CC1(C(=O)Cc1cc(OC)c(OC)cn1)c1ccccc1.Cl.Cl.O.O. The largest absolute Gasteiger partial charge is 0.495 e. The van der Waals surface area contributed by atoms with E-state index in [-0.39, 0.29) is 48.0 Å². The highest BCUT2D eigenvalue weighted by atomic mass is 35.5. The Labute approximate surface area is 242 Å². The molecular formula is C28H39Cl2N3O6. The lowest BCUT2D eigenvalue weighted by molar-refractivity contribution is -0.132. The lowest BCUT2D eigenvalue weighted by Crippen LogP contribution is -2.64. The highest BCUT2D eigenvalue weighted by molar-refractivity contribution is 5.92. The molecule has 1 fully saturated rings. The van der Waals surface area contributed by atoms with Crippen LogP contribution in [0.2, 0.25) is 0 Å². The molecule has 216 valence electrons. The zero-order valence-corrected chi connectivity index (χ0v) is 24.3. The number of nitrogens with zero attached hydrogens (tertiary/aromatic N) is 3. The summed E-state index contributed by atoms with van der Waals surface area (Å²) >= 11 is 0. The first-order chi connectivity index (χ1) is 17.1. The fourth-order valence-electron chi connectivity index (χ4n) is 5.01. The smallest absolute Gasteiger partial charge is 0.179 e. The number of methoxy groups -OCH3 is 3. The van der Waals surface area contributed by atoms with Crippen molar-refractivity contribution >= 4 is 36.3 Å². The number of piperazine rings is 1. The molecule has 2 heterocycles. The Bertz CT molecular complexity index is 1170. The van der Waals surface area contributed by atoms with Crippen LogP contribution in [0, 0.1) is 0 Å². The quantitative estimate of drug-likeness (QED) is 0.378. The van der Waals surface area contributed by atoms with Gasteiger partial charge < -0.3 is 30.1 Å². The number of aromatic nitrogens is 1. The number of rotatable bonds is 9. The monoisotopic (exact) mass is 583 g/mol. The van der Waals surface area contributed by atoms with E-state index < -0.39 is 5.54 Å². The topological polar surface area (TPSA) is 127 Å². The van der Waals surface area contributed by atoms with Crippen molar-refractivity contribution in [3.05, 3.63) is 78.1 Å². The summed E-state index contributed by atoms with van der Waals surface area (Å²) in [4.78, 5) is 23.4. The summed E-state index contributed by atoms with van der Waals surface area (Å²) in [5.74, 6) is 1.99. The van der Waals surface area contributed by atoms with Crippen molar-refractivity contribution in [3.63, 3.8) is 0 Å². The zero-order chi connectivity index (χ0) is 24.8. The number of halogens is 2. The molecule has 3 aromatic rings. The second-order valence-electron chi connectivity index (χ2n) is 8.53. The number of ether oxygens (including phenoxy) is 3. The Hall–Kier alpha value is -3.08. The van der Waals surface area contributed by atoms with E-state index >= 15 is 0 Å². The first-order valence-corrected chi connectivity index (χ1v) is 11.9. The van der Waals surface area contributed by atoms with Crippen LogP contribution < -0.4 is 19.1 Å². The van der Waals surface area contributed by atoms with Gasteiger partial charge in [-0.2, -0.15) is 0 Å². The predicted octanol–water partition coefficient (Wildman–Crippen LogP) is 3.15. The number of benzene rings is 2. The molecule has 0 saturated carbocycles. The number of carbonyl (C=O) groups is 1. The highest BCUT2D eigenvalue weighted by Gasteiger charge is 2.48. The molecule has 1 unspecified atom stereocenters. The van der Waals surface area contributed by atoms with Crippen LogP contribution in [-0.4, -0.2) is 74.1 Å². The molecule has 4 rings (SSSR count). The number of para-hydroxylation sites is 2. The summed E-state index contributed by atoms with van der Waals surface area (Å²) < 4.78 is 16.4. The fourth-order valence-corrected chi connectivity index (χ4v) is 5.01. The van der Waals surface area contributed by atoms with E-state index in [1.165, 1.54) is 0 Å². The van der Waals surface area contributed by atoms with E-state index in [1.807, 2.05) is 48.5 Å². The number of hydrogen-bond acceptors (Lipinski definition) is 7. The fraction of sp³-hybridized carbons (Fsp3) is 0.357. The van der Waals surface area contributed by atoms with Crippen LogP contribution in [0.3, 0.4) is 0 Å². The molecule has 0 aliphatic carbocycles. The summed E-state index contributed by atoms with van der Waals surface area (Å²) in [6, 6.07) is 19.8. The van der Waals surface area contributed by atoms with Gasteiger partial charge in [0.2, 0.25) is 0 Å². The number of carbonyl (C=O) groups excluding carboxylic acids is 1. The third-order valence-electron chi connectivity index (χ3n) is 6.79. The van der Waals surface area contributed by atoms with Crippen LogP contribution in [0.25, 0.3) is 0 Å². The number of anilines is 1. The normalized spacial score (nSPS) is 16.4. The van der Waals surface area contributed by atoms with Crippen LogP contribution in [-0.2, 0) is 16.8 Å². The molecule has 0 bridgehead atoms. The van der Waals surface area contributed by atoms with Gasteiger partial charge in [-0.15, -0.1) is 24.8 Å². The molecule has 1 saturated heterocycles. The van der Waals surface area contributed by atoms with Crippen molar-refractivity contribution in [1.82, 2.24) is 9.88 Å². The molecule has 1 aliphatic rings. The molecule has 0 radical (unpaired) electrons. The number of ketones is 1. The maximum atomic E-state index is 14.3. The number of pyridine rings is 1. The van der Waals surface area contributed by atoms with Crippen molar-refractivity contribution in [2.24, 2.45) is 0 Å². The Morgan fingerprint density at radius 1 is 0.872 bits per heavy atom. The van der Waals surface area contributed by atoms with Gasteiger partial charge in [0.05, 0.1) is 45.3 Å². The van der Waals surface area contributed by atoms with E-state index in [2.05, 4.69) is 27.8 Å². The van der Waals surface area contributed by atoms with Gasteiger partial charge in [-0.3, -0.25) is 14.7 Å². The Balaban J connectivity index is 0.00000361. The first kappa shape index (κ1) is 35.9. The minimum absolute atomic E-state index is 0. The maximum Gasteiger partial charge on any atom is 0.179 e. The molecular weight excluding hydrogens is 545 g/mol. The van der Waals surface area contributed by atoms with Crippen LogP contribution in [0.5, 0.6) is 17.2 Å². The molecule has 9 nitrogen and oxygen atoms in total. The van der Waals surface area contributed by atoms with Gasteiger partial charge >= 0.3 is 0 Å². The summed E-state index contributed by atoms with van der Waals surface area (Å²) in [5, 5.41) is 0. The summed E-state index contributed by atoms with van der Waals surface area (Å²) in [5.41, 5.74) is 1.77. The minimum atomic E-state index is -0.843. The van der Waals surface area contributed by atoms with Crippen LogP contribution in [0.15, 0.2) is 66.9 Å². The van der Waals surface area contributed by atoms with Gasteiger partial charge in [-0.1, -0.05) is 49.4 Å². The lowest BCUT2D eigenvalue weighted by atomic mass is 9.79. The molecule has 2 aromatic carbocycles. The lowest BCUT2D eigenvalue weighted by Gasteiger charge is -2.50. The molecule has 0 spiro atoms. The van der Waals surface area contributed by atoms with Crippen molar-refractivity contribution in [1.29, 1.82) is 0 Å². The van der Waals surface area contributed by atoms with Crippen molar-refractivity contribution in [2.45, 2.75) is 18.9 Å². The second kappa shape index (κ2) is 16.1. The summed E-state index contributed by atoms with van der Waals surface area (Å²) in [6.45, 7) is 4.91. The standard InChI is InChI=1S/C28H33N3O4.2ClH.2H2O/c1-5-31-16-15-30(23-13-9-10-14-24(23)33-2)20-28(31,21-11-7-6-8-12-21)27(32)18-22-17-25(34-3)26(35-4)19-29-22;;;;/h6-14,17,19H,5,15-16,18,20H2,1-4H3;2*1H;2*1H2. The van der Waals surface area contributed by atoms with Gasteiger partial charge in [-0.05, 0) is 24.2 Å². The van der Waals surface area contributed by atoms with Gasteiger partial charge in [0.1, 0.15) is 11.3 Å². The van der Waals surface area contributed by atoms with Crippen LogP contribution in [0.1, 0.15) is 18.2 Å². The van der Waals surface area contributed by atoms with E-state index in [0.717, 1.165) is 36.6 Å². The average molecular weight is 585 g/mol. The van der Waals surface area contributed by atoms with Crippen molar-refractivity contribution in [2.75, 3.05) is 52.4 Å². The summed E-state index contributed by atoms with van der Waals surface area (Å²) in [7, 11) is 4.84. The first-order valence-electron chi connectivity index (χ1n) is 11.9. The predicted molar refractivity (Wildman–Crippen MR) is 158 cm³/mol. The maximum absolute atomic E-state index is 14.3. The average Bonchev–Trinajstić information content (AvgIpc) is 2.92. The van der Waals surface area contributed by atoms with E-state index in [1.54, 1.807) is 33.6 Å². The third kappa shape index (κ3) is 7.12. The summed E-state index contributed by atoms with van der Waals surface area (Å²) in [6.07, 6.45) is 1.78.